The van der Waals surface area contributed by atoms with Gasteiger partial charge in [-0.3, -0.25) is 9.69 Å². The Labute approximate surface area is 228 Å². The van der Waals surface area contributed by atoms with Gasteiger partial charge >= 0.3 is 0 Å². The highest BCUT2D eigenvalue weighted by atomic mass is 32.2. The van der Waals surface area contributed by atoms with Crippen LogP contribution in [0.25, 0.3) is 0 Å². The number of amides is 1. The number of benzene rings is 2. The van der Waals surface area contributed by atoms with Crippen LogP contribution in [0.1, 0.15) is 72.1 Å². The van der Waals surface area contributed by atoms with Crippen molar-refractivity contribution in [1.29, 1.82) is 0 Å². The monoisotopic (exact) mass is 526 g/mol. The second-order valence-corrected chi connectivity index (χ2v) is 13.8. The first-order valence-corrected chi connectivity index (χ1v) is 14.3. The molecular weight excluding hydrogens is 480 g/mol. The van der Waals surface area contributed by atoms with Crippen LogP contribution in [0.5, 0.6) is 5.75 Å². The van der Waals surface area contributed by atoms with Gasteiger partial charge in [0.05, 0.1) is 6.10 Å². The molecule has 2 aromatic carbocycles. The molecule has 0 aromatic heterocycles. The number of nitrogens with zero attached hydrogens (tertiary/aromatic N) is 2. The van der Waals surface area contributed by atoms with Crippen molar-refractivity contribution in [2.45, 2.75) is 89.0 Å². The molecule has 1 aliphatic heterocycles. The molecule has 0 saturated carbocycles. The molecule has 0 radical (unpaired) electrons. The van der Waals surface area contributed by atoms with Crippen molar-refractivity contribution in [2.24, 2.45) is 0 Å². The second kappa shape index (κ2) is 12.2. The zero-order chi connectivity index (χ0) is 27.4. The minimum absolute atomic E-state index is 0.0677. The molecule has 5 nitrogen and oxygen atoms in total. The summed E-state index contributed by atoms with van der Waals surface area (Å²) in [5.41, 5.74) is 2.91. The van der Waals surface area contributed by atoms with Gasteiger partial charge in [0, 0.05) is 54.0 Å². The van der Waals surface area contributed by atoms with Crippen molar-refractivity contribution in [3.8, 4) is 5.75 Å². The Morgan fingerprint density at radius 3 is 2.00 bits per heavy atom. The van der Waals surface area contributed by atoms with Crippen LogP contribution in [0.2, 0.25) is 0 Å². The third-order valence-corrected chi connectivity index (χ3v) is 8.39. The normalized spacial score (nSPS) is 17.0. The Bertz CT molecular complexity index is 1000. The lowest BCUT2D eigenvalue weighted by Crippen LogP contribution is -2.49. The zero-order valence-electron chi connectivity index (χ0n) is 24.0. The van der Waals surface area contributed by atoms with E-state index < -0.39 is 0 Å². The minimum atomic E-state index is -0.163. The number of piperazine rings is 1. The SMILES string of the molecule is C[C@H](Sc1cc(C(C)(C)C)c(O)c(C(C)(C)C)c1)[C@@H](C)OCC(=O)N1CCN(Cc2ccccc2)CC1. The van der Waals surface area contributed by atoms with Crippen molar-refractivity contribution in [1.82, 2.24) is 9.80 Å². The molecule has 6 heteroatoms. The average molecular weight is 527 g/mol. The number of phenols is 1. The number of hydrogen-bond acceptors (Lipinski definition) is 5. The molecule has 0 spiro atoms. The molecule has 0 unspecified atom stereocenters. The lowest BCUT2D eigenvalue weighted by atomic mass is 9.79. The van der Waals surface area contributed by atoms with Gasteiger partial charge in [0.1, 0.15) is 12.4 Å². The molecule has 2 atom stereocenters. The maximum atomic E-state index is 12.8. The van der Waals surface area contributed by atoms with E-state index >= 15 is 0 Å². The van der Waals surface area contributed by atoms with E-state index in [0.29, 0.717) is 5.75 Å². The van der Waals surface area contributed by atoms with Gasteiger partial charge in [-0.05, 0) is 35.4 Å². The van der Waals surface area contributed by atoms with Crippen molar-refractivity contribution < 1.29 is 14.6 Å². The molecule has 1 aliphatic rings. The van der Waals surface area contributed by atoms with Gasteiger partial charge in [-0.15, -0.1) is 11.8 Å². The fraction of sp³-hybridized carbons (Fsp3) is 0.581. The molecule has 1 fully saturated rings. The summed E-state index contributed by atoms with van der Waals surface area (Å²) in [6.45, 7) is 21.3. The van der Waals surface area contributed by atoms with E-state index in [0.717, 1.165) is 48.7 Å². The molecule has 37 heavy (non-hydrogen) atoms. The number of rotatable bonds is 8. The summed E-state index contributed by atoms with van der Waals surface area (Å²) in [7, 11) is 0. The molecule has 1 saturated heterocycles. The largest absolute Gasteiger partial charge is 0.507 e. The summed E-state index contributed by atoms with van der Waals surface area (Å²) in [5, 5.41) is 11.2. The highest BCUT2D eigenvalue weighted by molar-refractivity contribution is 8.00. The van der Waals surface area contributed by atoms with Crippen LogP contribution >= 0.6 is 11.8 Å². The van der Waals surface area contributed by atoms with Crippen molar-refractivity contribution in [2.75, 3.05) is 32.8 Å². The van der Waals surface area contributed by atoms with Crippen molar-refractivity contribution in [3.05, 3.63) is 59.2 Å². The van der Waals surface area contributed by atoms with Crippen LogP contribution in [0.3, 0.4) is 0 Å². The summed E-state index contributed by atoms with van der Waals surface area (Å²) in [6, 6.07) is 14.7. The van der Waals surface area contributed by atoms with Crippen LogP contribution in [-0.4, -0.2) is 65.0 Å². The van der Waals surface area contributed by atoms with Crippen LogP contribution in [-0.2, 0) is 26.9 Å². The molecule has 0 aliphatic carbocycles. The van der Waals surface area contributed by atoms with E-state index in [2.05, 4.69) is 89.8 Å². The number of hydrogen-bond donors (Lipinski definition) is 1. The van der Waals surface area contributed by atoms with E-state index in [9.17, 15) is 9.90 Å². The fourth-order valence-corrected chi connectivity index (χ4v) is 5.63. The van der Waals surface area contributed by atoms with E-state index in [1.54, 1.807) is 11.8 Å². The second-order valence-electron chi connectivity index (χ2n) is 12.3. The average Bonchev–Trinajstić information content (AvgIpc) is 2.83. The molecule has 3 rings (SSSR count). The first-order valence-electron chi connectivity index (χ1n) is 13.5. The van der Waals surface area contributed by atoms with Crippen LogP contribution in [0.4, 0.5) is 0 Å². The summed E-state index contributed by atoms with van der Waals surface area (Å²) < 4.78 is 6.06. The van der Waals surface area contributed by atoms with Crippen molar-refractivity contribution >= 4 is 17.7 Å². The Hall–Kier alpha value is -2.02. The molecule has 0 bridgehead atoms. The number of carbonyl (C=O) groups is 1. The number of ether oxygens (including phenoxy) is 1. The van der Waals surface area contributed by atoms with E-state index in [1.807, 2.05) is 17.9 Å². The predicted molar refractivity (Wildman–Crippen MR) is 155 cm³/mol. The Kier molecular flexibility index (Phi) is 9.76. The standard InChI is InChI=1S/C31H46N2O3S/c1-22(23(2)37-25-18-26(30(3,4)5)29(35)27(19-25)31(6,7)8)36-21-28(34)33-16-14-32(15-17-33)20-24-12-10-9-11-13-24/h9-13,18-19,22-23,35H,14-17,20-21H2,1-8H3/t22-,23+/m1/s1. The first-order chi connectivity index (χ1) is 17.3. The molecule has 2 aromatic rings. The maximum Gasteiger partial charge on any atom is 0.248 e. The molecule has 1 amide bonds. The van der Waals surface area contributed by atoms with Gasteiger partial charge in [-0.2, -0.15) is 0 Å². The number of phenolic OH excluding ortho intramolecular Hbond substituents is 1. The maximum absolute atomic E-state index is 12.8. The Balaban J connectivity index is 1.53. The third kappa shape index (κ3) is 8.23. The summed E-state index contributed by atoms with van der Waals surface area (Å²) in [5.74, 6) is 0.467. The molecular formula is C31H46N2O3S. The van der Waals surface area contributed by atoms with Gasteiger partial charge < -0.3 is 14.7 Å². The summed E-state index contributed by atoms with van der Waals surface area (Å²) >= 11 is 1.74. The fourth-order valence-electron chi connectivity index (χ4n) is 4.56. The smallest absolute Gasteiger partial charge is 0.248 e. The van der Waals surface area contributed by atoms with E-state index in [1.165, 1.54) is 5.56 Å². The quantitative estimate of drug-likeness (QED) is 0.414. The number of thioether (sulfide) groups is 1. The minimum Gasteiger partial charge on any atom is -0.507 e. The van der Waals surface area contributed by atoms with E-state index in [4.69, 9.17) is 4.74 Å². The van der Waals surface area contributed by atoms with Gasteiger partial charge in [0.2, 0.25) is 5.91 Å². The molecule has 1 heterocycles. The topological polar surface area (TPSA) is 53.0 Å². The number of aromatic hydroxyl groups is 1. The van der Waals surface area contributed by atoms with Gasteiger partial charge in [0.25, 0.3) is 0 Å². The Morgan fingerprint density at radius 2 is 1.49 bits per heavy atom. The summed E-state index contributed by atoms with van der Waals surface area (Å²) in [6.07, 6.45) is -0.0849. The number of carbonyl (C=O) groups excluding carboxylic acids is 1. The van der Waals surface area contributed by atoms with Gasteiger partial charge in [-0.25, -0.2) is 0 Å². The van der Waals surface area contributed by atoms with Crippen LogP contribution < -0.4 is 0 Å². The van der Waals surface area contributed by atoms with Gasteiger partial charge in [0.15, 0.2) is 0 Å². The predicted octanol–water partition coefficient (Wildman–Crippen LogP) is 6.22. The Morgan fingerprint density at radius 1 is 0.946 bits per heavy atom. The molecule has 1 N–H and O–H groups in total. The lowest BCUT2D eigenvalue weighted by molar-refractivity contribution is -0.139. The highest BCUT2D eigenvalue weighted by Gasteiger charge is 2.28. The van der Waals surface area contributed by atoms with Gasteiger partial charge in [-0.1, -0.05) is 78.8 Å². The molecule has 204 valence electrons. The summed E-state index contributed by atoms with van der Waals surface area (Å²) in [4.78, 5) is 18.3. The zero-order valence-corrected chi connectivity index (χ0v) is 24.8. The van der Waals surface area contributed by atoms with Crippen molar-refractivity contribution in [3.63, 3.8) is 0 Å². The van der Waals surface area contributed by atoms with E-state index in [-0.39, 0.29) is 34.7 Å². The lowest BCUT2D eigenvalue weighted by Gasteiger charge is -2.35. The third-order valence-electron chi connectivity index (χ3n) is 7.13. The van der Waals surface area contributed by atoms with Crippen LogP contribution in [0.15, 0.2) is 47.4 Å². The van der Waals surface area contributed by atoms with Crippen LogP contribution in [0, 0.1) is 0 Å². The highest BCUT2D eigenvalue weighted by Crippen LogP contribution is 2.42. The first kappa shape index (κ1) is 29.5.